The van der Waals surface area contributed by atoms with E-state index >= 15 is 0 Å². The van der Waals surface area contributed by atoms with Crippen LogP contribution < -0.4 is 5.32 Å². The molecule has 0 aliphatic carbocycles. The van der Waals surface area contributed by atoms with Gasteiger partial charge in [0.15, 0.2) is 0 Å². The molecule has 2 aromatic rings. The molecule has 1 atom stereocenters. The van der Waals surface area contributed by atoms with Gasteiger partial charge in [0, 0.05) is 19.0 Å². The molecule has 1 N–H and O–H groups in total. The molecule has 0 saturated carbocycles. The zero-order valence-corrected chi connectivity index (χ0v) is 11.6. The number of fused-ring (bicyclic) bond motifs is 1. The molecule has 0 aliphatic rings. The van der Waals surface area contributed by atoms with Crippen molar-refractivity contribution < 1.29 is 4.74 Å². The molecule has 2 aromatic heterocycles. The summed E-state index contributed by atoms with van der Waals surface area (Å²) in [4.78, 5) is 12.7. The molecular weight excluding hydrogens is 240 g/mol. The first kappa shape index (κ1) is 13.7. The van der Waals surface area contributed by atoms with E-state index in [1.165, 1.54) is 0 Å². The van der Waals surface area contributed by atoms with Crippen LogP contribution in [0.15, 0.2) is 24.8 Å². The van der Waals surface area contributed by atoms with E-state index < -0.39 is 0 Å². The Balaban J connectivity index is 2.23. The predicted octanol–water partition coefficient (Wildman–Crippen LogP) is 2.50. The van der Waals surface area contributed by atoms with E-state index in [2.05, 4.69) is 34.1 Å². The van der Waals surface area contributed by atoms with Gasteiger partial charge in [-0.15, -0.1) is 0 Å². The Morgan fingerprint density at radius 3 is 2.89 bits per heavy atom. The summed E-state index contributed by atoms with van der Waals surface area (Å²) in [6.07, 6.45) is 5.09. The van der Waals surface area contributed by atoms with E-state index in [1.807, 2.05) is 13.0 Å². The van der Waals surface area contributed by atoms with Gasteiger partial charge in [-0.05, 0) is 18.9 Å². The first-order valence-corrected chi connectivity index (χ1v) is 6.61. The Morgan fingerprint density at radius 1 is 1.32 bits per heavy atom. The highest BCUT2D eigenvalue weighted by atomic mass is 16.5. The zero-order chi connectivity index (χ0) is 13.7. The molecule has 102 valence electrons. The van der Waals surface area contributed by atoms with Gasteiger partial charge < -0.3 is 10.1 Å². The second-order valence-electron chi connectivity index (χ2n) is 4.77. The molecule has 2 rings (SSSR count). The number of nitrogens with one attached hydrogen (secondary N) is 1. The molecule has 0 aromatic carbocycles. The van der Waals surface area contributed by atoms with Gasteiger partial charge in [0.2, 0.25) is 0 Å². The van der Waals surface area contributed by atoms with Gasteiger partial charge in [0.05, 0.1) is 23.6 Å². The lowest BCUT2D eigenvalue weighted by molar-refractivity contribution is 0.126. The minimum absolute atomic E-state index is 0.221. The minimum atomic E-state index is 0.221. The van der Waals surface area contributed by atoms with E-state index in [-0.39, 0.29) is 6.04 Å². The Bertz CT molecular complexity index is 524. The van der Waals surface area contributed by atoms with Crippen LogP contribution in [0.2, 0.25) is 0 Å². The van der Waals surface area contributed by atoms with Gasteiger partial charge in [-0.1, -0.05) is 13.8 Å². The Labute approximate surface area is 113 Å². The Kier molecular flexibility index (Phi) is 4.63. The zero-order valence-electron chi connectivity index (χ0n) is 11.6. The number of hydrogen-bond donors (Lipinski definition) is 1. The van der Waals surface area contributed by atoms with Crippen LogP contribution in [0.1, 0.15) is 20.8 Å². The molecule has 2 heterocycles. The topological polar surface area (TPSA) is 59.9 Å². The molecule has 19 heavy (non-hydrogen) atoms. The summed E-state index contributed by atoms with van der Waals surface area (Å²) in [5.74, 6) is 1.27. The van der Waals surface area contributed by atoms with Gasteiger partial charge in [0.25, 0.3) is 0 Å². The summed E-state index contributed by atoms with van der Waals surface area (Å²) >= 11 is 0. The van der Waals surface area contributed by atoms with Gasteiger partial charge in [0.1, 0.15) is 12.1 Å². The SMILES string of the molecule is CCOCC(Nc1nccc2ncncc12)C(C)C. The standard InChI is InChI=1S/C14H20N4O/c1-4-19-8-13(10(2)3)18-14-11-7-15-9-17-12(11)5-6-16-14/h5-7,9-10,13H,4,8H2,1-3H3,(H,16,18). The first-order chi connectivity index (χ1) is 9.22. The van der Waals surface area contributed by atoms with Crippen molar-refractivity contribution in [3.8, 4) is 0 Å². The average Bonchev–Trinajstić information content (AvgIpc) is 2.43. The quantitative estimate of drug-likeness (QED) is 0.864. The normalized spacial score (nSPS) is 12.8. The Morgan fingerprint density at radius 2 is 2.16 bits per heavy atom. The number of ether oxygens (including phenoxy) is 1. The lowest BCUT2D eigenvalue weighted by atomic mass is 10.1. The number of nitrogens with zero attached hydrogens (tertiary/aromatic N) is 3. The maximum atomic E-state index is 5.52. The van der Waals surface area contributed by atoms with Crippen LogP contribution in [0.3, 0.4) is 0 Å². The third-order valence-electron chi connectivity index (χ3n) is 3.06. The summed E-state index contributed by atoms with van der Waals surface area (Å²) in [5, 5.41) is 4.38. The number of aromatic nitrogens is 3. The predicted molar refractivity (Wildman–Crippen MR) is 76.1 cm³/mol. The van der Waals surface area contributed by atoms with Crippen molar-refractivity contribution in [2.75, 3.05) is 18.5 Å². The van der Waals surface area contributed by atoms with Gasteiger partial charge in [-0.2, -0.15) is 0 Å². The molecule has 0 amide bonds. The molecule has 0 radical (unpaired) electrons. The first-order valence-electron chi connectivity index (χ1n) is 6.61. The highest BCUT2D eigenvalue weighted by Gasteiger charge is 2.15. The van der Waals surface area contributed by atoms with E-state index in [0.717, 1.165) is 23.3 Å². The van der Waals surface area contributed by atoms with Crippen LogP contribution in [-0.2, 0) is 4.74 Å². The summed E-state index contributed by atoms with van der Waals surface area (Å²) in [7, 11) is 0. The number of anilines is 1. The van der Waals surface area contributed by atoms with Crippen molar-refractivity contribution in [1.82, 2.24) is 15.0 Å². The van der Waals surface area contributed by atoms with Crippen LogP contribution in [0, 0.1) is 5.92 Å². The van der Waals surface area contributed by atoms with E-state index in [0.29, 0.717) is 12.5 Å². The molecule has 5 heteroatoms. The third-order valence-corrected chi connectivity index (χ3v) is 3.06. The van der Waals surface area contributed by atoms with Crippen LogP contribution in [0.4, 0.5) is 5.82 Å². The third kappa shape index (κ3) is 3.38. The maximum absolute atomic E-state index is 5.52. The smallest absolute Gasteiger partial charge is 0.137 e. The monoisotopic (exact) mass is 260 g/mol. The maximum Gasteiger partial charge on any atom is 0.137 e. The van der Waals surface area contributed by atoms with Crippen molar-refractivity contribution in [3.05, 3.63) is 24.8 Å². The second-order valence-corrected chi connectivity index (χ2v) is 4.77. The summed E-state index contributed by atoms with van der Waals surface area (Å²) in [6, 6.07) is 2.10. The minimum Gasteiger partial charge on any atom is -0.380 e. The lowest BCUT2D eigenvalue weighted by Crippen LogP contribution is -2.31. The van der Waals surface area contributed by atoms with E-state index in [4.69, 9.17) is 4.74 Å². The number of rotatable bonds is 6. The summed E-state index contributed by atoms with van der Waals surface area (Å²) < 4.78 is 5.52. The van der Waals surface area contributed by atoms with Crippen molar-refractivity contribution in [2.45, 2.75) is 26.8 Å². The van der Waals surface area contributed by atoms with Crippen LogP contribution in [0.25, 0.3) is 10.9 Å². The number of hydrogen-bond acceptors (Lipinski definition) is 5. The molecule has 0 bridgehead atoms. The summed E-state index contributed by atoms with van der Waals surface area (Å²) in [5.41, 5.74) is 0.895. The van der Waals surface area contributed by atoms with Crippen LogP contribution in [0.5, 0.6) is 0 Å². The van der Waals surface area contributed by atoms with Gasteiger partial charge in [-0.25, -0.2) is 15.0 Å². The molecule has 0 saturated heterocycles. The van der Waals surface area contributed by atoms with Crippen molar-refractivity contribution in [3.63, 3.8) is 0 Å². The molecule has 1 unspecified atom stereocenters. The lowest BCUT2D eigenvalue weighted by Gasteiger charge is -2.23. The average molecular weight is 260 g/mol. The van der Waals surface area contributed by atoms with Crippen LogP contribution >= 0.6 is 0 Å². The fourth-order valence-corrected chi connectivity index (χ4v) is 1.84. The highest BCUT2D eigenvalue weighted by Crippen LogP contribution is 2.20. The van der Waals surface area contributed by atoms with Crippen LogP contribution in [-0.4, -0.2) is 34.2 Å². The number of pyridine rings is 1. The van der Waals surface area contributed by atoms with Crippen molar-refractivity contribution in [1.29, 1.82) is 0 Å². The van der Waals surface area contributed by atoms with E-state index in [1.54, 1.807) is 18.7 Å². The molecule has 0 aliphatic heterocycles. The van der Waals surface area contributed by atoms with Crippen molar-refractivity contribution in [2.24, 2.45) is 5.92 Å². The summed E-state index contributed by atoms with van der Waals surface area (Å²) in [6.45, 7) is 7.72. The highest BCUT2D eigenvalue weighted by molar-refractivity contribution is 5.88. The van der Waals surface area contributed by atoms with E-state index in [9.17, 15) is 0 Å². The molecule has 0 spiro atoms. The largest absolute Gasteiger partial charge is 0.380 e. The molecule has 0 fully saturated rings. The van der Waals surface area contributed by atoms with Crippen molar-refractivity contribution >= 4 is 16.7 Å². The Hall–Kier alpha value is -1.75. The fraction of sp³-hybridized carbons (Fsp3) is 0.500. The molecule has 5 nitrogen and oxygen atoms in total. The van der Waals surface area contributed by atoms with Gasteiger partial charge >= 0.3 is 0 Å². The molecular formula is C14H20N4O. The second kappa shape index (κ2) is 6.43. The fourth-order valence-electron chi connectivity index (χ4n) is 1.84. The van der Waals surface area contributed by atoms with Gasteiger partial charge in [-0.3, -0.25) is 0 Å².